The Hall–Kier alpha value is -12.0. The van der Waals surface area contributed by atoms with Crippen LogP contribution in [0.3, 0.4) is 0 Å². The number of hydrogen-bond acceptors (Lipinski definition) is 16. The minimum absolute atomic E-state index is 0.0254. The third kappa shape index (κ3) is 17.1. The molecule has 113 heavy (non-hydrogen) atoms. The Morgan fingerprint density at radius 2 is 0.743 bits per heavy atom. The summed E-state index contributed by atoms with van der Waals surface area (Å²) in [5.41, 5.74) is 17.8. The molecule has 0 spiro atoms. The molecule has 16 aromatic rings. The van der Waals surface area contributed by atoms with Crippen LogP contribution in [0.25, 0.3) is 134 Å². The van der Waals surface area contributed by atoms with E-state index in [1.807, 2.05) is 244 Å². The van der Waals surface area contributed by atoms with Gasteiger partial charge in [-0.15, -0.1) is 40.8 Å². The maximum Gasteiger partial charge on any atom is 0.244 e. The number of carbonyl (C=O) groups excluding carboxylic acids is 2. The number of piperazine rings is 1. The van der Waals surface area contributed by atoms with Crippen LogP contribution in [0.4, 0.5) is 0 Å². The summed E-state index contributed by atoms with van der Waals surface area (Å²) in [6.45, 7) is 13.1. The van der Waals surface area contributed by atoms with Crippen molar-refractivity contribution in [1.82, 2.24) is 99.9 Å². The lowest BCUT2D eigenvalue weighted by Gasteiger charge is -2.36. The van der Waals surface area contributed by atoms with Crippen molar-refractivity contribution in [1.29, 1.82) is 0 Å². The number of amides is 2. The maximum atomic E-state index is 13.2. The van der Waals surface area contributed by atoms with E-state index in [1.165, 1.54) is 5.56 Å². The molecular weight excluding hydrogens is 1500 g/mol. The Kier molecular flexibility index (Phi) is 24.2. The number of nitrogens with zero attached hydrogens (tertiary/aromatic N) is 19. The van der Waals surface area contributed by atoms with Gasteiger partial charge in [-0.1, -0.05) is 276 Å². The van der Waals surface area contributed by atoms with E-state index in [9.17, 15) is 9.59 Å². The summed E-state index contributed by atoms with van der Waals surface area (Å²) in [4.78, 5) is 32.0. The fourth-order valence-corrected chi connectivity index (χ4v) is 14.8. The van der Waals surface area contributed by atoms with Crippen LogP contribution in [-0.2, 0) is 36.8 Å². The van der Waals surface area contributed by atoms with Gasteiger partial charge in [0.05, 0.1) is 41.6 Å². The second-order valence-corrected chi connectivity index (χ2v) is 29.3. The summed E-state index contributed by atoms with van der Waals surface area (Å²) in [5, 5.41) is 61.9. The van der Waals surface area contributed by atoms with Crippen LogP contribution in [0.15, 0.2) is 231 Å². The lowest BCUT2D eigenvalue weighted by Crippen LogP contribution is -2.51. The summed E-state index contributed by atoms with van der Waals surface area (Å²) >= 11 is 27.2. The molecular formula is C87H80Cl4N20O2. The fraction of sp³-hybridized carbons (Fsp3) is 0.195. The van der Waals surface area contributed by atoms with Gasteiger partial charge in [0, 0.05) is 104 Å². The van der Waals surface area contributed by atoms with Crippen LogP contribution >= 0.6 is 46.4 Å². The van der Waals surface area contributed by atoms with Gasteiger partial charge in [0.2, 0.25) is 11.8 Å². The molecule has 22 nitrogen and oxygen atoms in total. The number of nitrogens with one attached hydrogen (secondary N) is 1. The van der Waals surface area contributed by atoms with Crippen molar-refractivity contribution in [3.05, 3.63) is 262 Å². The molecule has 26 heteroatoms. The molecule has 1 aliphatic heterocycles. The van der Waals surface area contributed by atoms with Gasteiger partial charge in [0.1, 0.15) is 58.6 Å². The largest absolute Gasteiger partial charge is 0.353 e. The number of hydrogen-bond donors (Lipinski definition) is 1. The van der Waals surface area contributed by atoms with E-state index in [0.29, 0.717) is 113 Å². The Labute approximate surface area is 673 Å². The van der Waals surface area contributed by atoms with Gasteiger partial charge in [-0.2, -0.15) is 20.4 Å². The van der Waals surface area contributed by atoms with E-state index >= 15 is 0 Å². The van der Waals surface area contributed by atoms with Gasteiger partial charge in [-0.3, -0.25) is 14.5 Å². The molecule has 0 radical (unpaired) electrons. The molecule has 9 heterocycles. The first-order valence-electron chi connectivity index (χ1n) is 36.9. The lowest BCUT2D eigenvalue weighted by atomic mass is 10.0. The predicted molar refractivity (Wildman–Crippen MR) is 451 cm³/mol. The predicted octanol–water partition coefficient (Wildman–Crippen LogP) is 17.2. The number of carbonyl (C=O) groups is 2. The smallest absolute Gasteiger partial charge is 0.244 e. The molecule has 8 aromatic carbocycles. The van der Waals surface area contributed by atoms with Crippen molar-refractivity contribution in [3.63, 3.8) is 0 Å². The third-order valence-electron chi connectivity index (χ3n) is 19.4. The Morgan fingerprint density at radius 3 is 1.14 bits per heavy atom. The summed E-state index contributed by atoms with van der Waals surface area (Å²) in [5.74, 6) is -0.117. The van der Waals surface area contributed by atoms with Crippen molar-refractivity contribution < 1.29 is 9.59 Å². The molecule has 1 N–H and O–H groups in total. The van der Waals surface area contributed by atoms with Gasteiger partial charge < -0.3 is 15.1 Å². The minimum Gasteiger partial charge on any atom is -0.353 e. The highest BCUT2D eigenvalue weighted by Crippen LogP contribution is 2.42. The molecule has 0 atom stereocenters. The van der Waals surface area contributed by atoms with Crippen LogP contribution in [-0.4, -0.2) is 166 Å². The first kappa shape index (κ1) is 77.7. The monoisotopic (exact) mass is 1580 g/mol. The topological polar surface area (TPSA) is 230 Å². The van der Waals surface area contributed by atoms with E-state index < -0.39 is 0 Å². The van der Waals surface area contributed by atoms with Crippen LogP contribution in [0.1, 0.15) is 25.0 Å². The van der Waals surface area contributed by atoms with Gasteiger partial charge in [0.15, 0.2) is 22.6 Å². The molecule has 1 aliphatic rings. The number of aromatic nitrogens is 16. The molecule has 0 saturated carbocycles. The number of fused-ring (bicyclic) bond motifs is 4. The van der Waals surface area contributed by atoms with Crippen LogP contribution in [0.2, 0.25) is 20.1 Å². The minimum atomic E-state index is -0.143. The highest BCUT2D eigenvalue weighted by atomic mass is 35.5. The Morgan fingerprint density at radius 1 is 0.398 bits per heavy atom. The molecule has 0 unspecified atom stereocenters. The fourth-order valence-electron chi connectivity index (χ4n) is 13.5. The van der Waals surface area contributed by atoms with E-state index in [-0.39, 0.29) is 24.9 Å². The average molecular weight is 1580 g/mol. The second-order valence-electron chi connectivity index (χ2n) is 27.7. The van der Waals surface area contributed by atoms with Crippen molar-refractivity contribution in [2.24, 2.45) is 14.1 Å². The van der Waals surface area contributed by atoms with E-state index in [2.05, 4.69) is 113 Å². The summed E-state index contributed by atoms with van der Waals surface area (Å²) in [7, 11) is 7.63. The molecule has 0 aliphatic carbocycles. The Balaban J connectivity index is 0.000000126. The number of benzene rings is 8. The maximum absolute atomic E-state index is 13.2. The standard InChI is InChI=1S/C26H27ClN6O.C23H23ClN6O.2C19H15ClN4/c1-18(2)31-13-15-32(16-14-31)21(34)17-33-26-22(24(30-33)19-9-5-3-6-10-19)23(27)25(28-29-26)20-11-7-4-8-12-20;1-29(2)14-13-25-18(31)15-30-23-19(21(28-30)16-9-5-3-6-10-16)20(24)22(26-27-23)17-11-7-4-8-12-17;1-12-8-6-7-11-14(12)18-15-16(20)17(13-9-4-3-5-10-13)21-22-19(15)24(2)23-18;1-12-7-6-10-14(11-12)17-15-16(20)18(13-8-4-3-5-9-13)21-22-19(15)24(2)23-17/h3-12,18H,13-17H2,1-2H3;3-12H,13-15H2,1-2H3,(H,25,31);2*3-11H,1-2H3. The quantitative estimate of drug-likeness (QED) is 0.0948. The zero-order valence-corrected chi connectivity index (χ0v) is 66.5. The van der Waals surface area contributed by atoms with E-state index in [1.54, 1.807) is 18.7 Å². The third-order valence-corrected chi connectivity index (χ3v) is 20.9. The van der Waals surface area contributed by atoms with Crippen molar-refractivity contribution in [3.8, 4) is 90.1 Å². The number of aryl methyl sites for hydroxylation is 4. The second kappa shape index (κ2) is 35.1. The number of halogens is 4. The number of likely N-dealkylation sites (N-methyl/N-ethyl adjacent to an activating group) is 1. The molecule has 0 bridgehead atoms. The van der Waals surface area contributed by atoms with Gasteiger partial charge in [-0.25, -0.2) is 18.7 Å². The van der Waals surface area contributed by atoms with E-state index in [0.717, 1.165) is 91.9 Å². The first-order valence-corrected chi connectivity index (χ1v) is 38.4. The molecule has 1 fully saturated rings. The van der Waals surface area contributed by atoms with Gasteiger partial charge in [-0.05, 0) is 53.4 Å². The Bertz CT molecular complexity index is 6040. The van der Waals surface area contributed by atoms with Crippen molar-refractivity contribution in [2.45, 2.75) is 46.8 Å². The molecule has 2 amide bonds. The van der Waals surface area contributed by atoms with Crippen LogP contribution < -0.4 is 5.32 Å². The van der Waals surface area contributed by atoms with Gasteiger partial charge in [0.25, 0.3) is 0 Å². The van der Waals surface area contributed by atoms with Crippen molar-refractivity contribution in [2.75, 3.05) is 53.4 Å². The highest BCUT2D eigenvalue weighted by molar-refractivity contribution is 6.40. The van der Waals surface area contributed by atoms with Crippen LogP contribution in [0.5, 0.6) is 0 Å². The van der Waals surface area contributed by atoms with E-state index in [4.69, 9.17) is 56.6 Å². The number of rotatable bonds is 16. The van der Waals surface area contributed by atoms with Crippen molar-refractivity contribution >= 4 is 102 Å². The first-order chi connectivity index (χ1) is 54.9. The zero-order valence-electron chi connectivity index (χ0n) is 63.5. The molecule has 1 saturated heterocycles. The average Bonchev–Trinajstić information content (AvgIpc) is 1.64. The lowest BCUT2D eigenvalue weighted by molar-refractivity contribution is -0.134. The SMILES string of the molecule is CC(C)N1CCN(C(=O)Cn2nc(-c3ccccc3)c3c(Cl)c(-c4ccccc4)nnc32)CC1.CN(C)CCNC(=O)Cn1nc(-c2ccccc2)c2c(Cl)c(-c3ccccc3)nnc21.Cc1cccc(-c2nn(C)c3nnc(-c4ccccc4)c(Cl)c23)c1.Cc1ccccc1-c1nn(C)c2nnc(-c3ccccc3)c(Cl)c12. The highest BCUT2D eigenvalue weighted by Gasteiger charge is 2.29. The summed E-state index contributed by atoms with van der Waals surface area (Å²) in [6.07, 6.45) is 0. The molecule has 8 aromatic heterocycles. The zero-order chi connectivity index (χ0) is 78.8. The molecule has 17 rings (SSSR count). The normalized spacial score (nSPS) is 12.2. The van der Waals surface area contributed by atoms with Crippen LogP contribution in [0, 0.1) is 13.8 Å². The summed E-state index contributed by atoms with van der Waals surface area (Å²) in [6, 6.07) is 75.5. The van der Waals surface area contributed by atoms with Gasteiger partial charge >= 0.3 is 0 Å². The summed E-state index contributed by atoms with van der Waals surface area (Å²) < 4.78 is 6.66. The molecule has 568 valence electrons.